The monoisotopic (exact) mass is 592 g/mol. The average Bonchev–Trinajstić information content (AvgIpc) is 2.99. The number of ether oxygens (including phenoxy) is 3. The maximum absolute atomic E-state index is 15.4. The smallest absolute Gasteiger partial charge is 0.316 e. The molecule has 42 heavy (non-hydrogen) atoms. The van der Waals surface area contributed by atoms with Gasteiger partial charge in [0.05, 0.1) is 25.8 Å². The molecule has 0 saturated carbocycles. The van der Waals surface area contributed by atoms with Gasteiger partial charge in [-0.1, -0.05) is 23.7 Å². The number of nitrogens with zero attached hydrogens (tertiary/aromatic N) is 2. The highest BCUT2D eigenvalue weighted by Crippen LogP contribution is 2.38. The molecule has 1 aliphatic rings. The van der Waals surface area contributed by atoms with Crippen molar-refractivity contribution in [3.05, 3.63) is 83.3 Å². The number of primary amides is 1. The average molecular weight is 593 g/mol. The van der Waals surface area contributed by atoms with Crippen LogP contribution in [0.25, 0.3) is 10.9 Å². The second kappa shape index (κ2) is 13.1. The summed E-state index contributed by atoms with van der Waals surface area (Å²) < 4.78 is 33.0. The van der Waals surface area contributed by atoms with E-state index in [1.807, 2.05) is 0 Å². The zero-order valence-electron chi connectivity index (χ0n) is 22.9. The summed E-state index contributed by atoms with van der Waals surface area (Å²) in [7, 11) is 1.55. The number of carbonyl (C=O) groups excluding carboxylic acids is 2. The van der Waals surface area contributed by atoms with Gasteiger partial charge in [-0.05, 0) is 73.8 Å². The molecule has 4 aromatic rings. The topological polar surface area (TPSA) is 116 Å². The van der Waals surface area contributed by atoms with Crippen LogP contribution in [0.2, 0.25) is 5.02 Å². The molecule has 1 fully saturated rings. The Morgan fingerprint density at radius 1 is 1.05 bits per heavy atom. The number of benzene rings is 3. The van der Waals surface area contributed by atoms with Crippen LogP contribution in [0.15, 0.2) is 66.9 Å². The van der Waals surface area contributed by atoms with E-state index in [0.29, 0.717) is 51.3 Å². The SMILES string of the molecule is COc1cc2c(Oc3ccc(N(Cc4cccc(Cl)c4)C(=O)C(N)=O)cc3F)ccnc2cc1OCC1CCNCC1. The van der Waals surface area contributed by atoms with E-state index in [1.54, 1.807) is 55.8 Å². The molecule has 2 heterocycles. The Morgan fingerprint density at radius 3 is 2.57 bits per heavy atom. The Bertz CT molecular complexity index is 1610. The van der Waals surface area contributed by atoms with Crippen molar-refractivity contribution < 1.29 is 28.2 Å². The number of amides is 2. The summed E-state index contributed by atoms with van der Waals surface area (Å²) in [5.41, 5.74) is 6.62. The lowest BCUT2D eigenvalue weighted by Gasteiger charge is -2.23. The van der Waals surface area contributed by atoms with Crippen molar-refractivity contribution in [1.82, 2.24) is 10.3 Å². The van der Waals surface area contributed by atoms with Gasteiger partial charge in [-0.25, -0.2) is 4.39 Å². The minimum atomic E-state index is -1.17. The molecule has 1 aliphatic heterocycles. The number of carbonyl (C=O) groups is 2. The van der Waals surface area contributed by atoms with Crippen LogP contribution in [0.1, 0.15) is 18.4 Å². The van der Waals surface area contributed by atoms with Gasteiger partial charge >= 0.3 is 11.8 Å². The zero-order valence-corrected chi connectivity index (χ0v) is 23.7. The van der Waals surface area contributed by atoms with Gasteiger partial charge in [0.1, 0.15) is 5.75 Å². The number of nitrogens with two attached hydrogens (primary N) is 1. The molecule has 11 heteroatoms. The Kier molecular flexibility index (Phi) is 9.04. The molecule has 3 aromatic carbocycles. The largest absolute Gasteiger partial charge is 0.493 e. The normalized spacial score (nSPS) is 13.5. The fourth-order valence-corrected chi connectivity index (χ4v) is 5.05. The molecule has 1 aromatic heterocycles. The fourth-order valence-electron chi connectivity index (χ4n) is 4.84. The fraction of sp³-hybridized carbons (Fsp3) is 0.258. The van der Waals surface area contributed by atoms with E-state index < -0.39 is 17.6 Å². The van der Waals surface area contributed by atoms with Crippen molar-refractivity contribution in [3.8, 4) is 23.0 Å². The first-order valence-electron chi connectivity index (χ1n) is 13.5. The van der Waals surface area contributed by atoms with E-state index in [-0.39, 0.29) is 18.0 Å². The summed E-state index contributed by atoms with van der Waals surface area (Å²) in [6.45, 7) is 2.48. The summed E-state index contributed by atoms with van der Waals surface area (Å²) >= 11 is 6.06. The summed E-state index contributed by atoms with van der Waals surface area (Å²) in [4.78, 5) is 29.9. The van der Waals surface area contributed by atoms with Crippen molar-refractivity contribution >= 4 is 40.0 Å². The van der Waals surface area contributed by atoms with Crippen LogP contribution in [0, 0.1) is 11.7 Å². The number of piperidine rings is 1. The first-order chi connectivity index (χ1) is 20.3. The summed E-state index contributed by atoms with van der Waals surface area (Å²) in [6, 6.07) is 15.9. The molecule has 218 valence electrons. The van der Waals surface area contributed by atoms with Gasteiger partial charge in [0, 0.05) is 34.4 Å². The molecule has 0 atom stereocenters. The number of anilines is 1. The van der Waals surface area contributed by atoms with Crippen LogP contribution in [0.4, 0.5) is 10.1 Å². The standard InChI is InChI=1S/C31H30ClFN4O5/c1-40-28-15-23-25(16-29(28)41-18-19-7-10-35-11-8-19)36-12-9-26(23)42-27-6-5-22(14-24(27)33)37(31(39)30(34)38)17-20-3-2-4-21(32)13-20/h2-6,9,12-16,19,35H,7-8,10-11,17-18H2,1H3,(H2,34,38). The Balaban J connectivity index is 1.39. The van der Waals surface area contributed by atoms with E-state index in [1.165, 1.54) is 12.1 Å². The molecule has 3 N–H and O–H groups in total. The third kappa shape index (κ3) is 6.72. The maximum atomic E-state index is 15.4. The first kappa shape index (κ1) is 29.1. The molecule has 5 rings (SSSR count). The van der Waals surface area contributed by atoms with Crippen LogP contribution in [-0.4, -0.2) is 43.6 Å². The van der Waals surface area contributed by atoms with E-state index in [4.69, 9.17) is 31.5 Å². The number of methoxy groups -OCH3 is 1. The maximum Gasteiger partial charge on any atom is 0.316 e. The molecular formula is C31H30ClFN4O5. The third-order valence-corrected chi connectivity index (χ3v) is 7.29. The second-order valence-corrected chi connectivity index (χ2v) is 10.4. The number of nitrogens with one attached hydrogen (secondary N) is 1. The van der Waals surface area contributed by atoms with Crippen molar-refractivity contribution in [2.45, 2.75) is 19.4 Å². The number of halogens is 2. The Labute approximate surface area is 247 Å². The van der Waals surface area contributed by atoms with Crippen LogP contribution < -0.4 is 30.2 Å². The number of fused-ring (bicyclic) bond motifs is 1. The van der Waals surface area contributed by atoms with Crippen LogP contribution in [-0.2, 0) is 16.1 Å². The zero-order chi connectivity index (χ0) is 29.6. The first-order valence-corrected chi connectivity index (χ1v) is 13.8. The predicted molar refractivity (Wildman–Crippen MR) is 158 cm³/mol. The van der Waals surface area contributed by atoms with E-state index >= 15 is 4.39 Å². The van der Waals surface area contributed by atoms with Gasteiger partial charge in [0.25, 0.3) is 0 Å². The highest BCUT2D eigenvalue weighted by Gasteiger charge is 2.23. The summed E-state index contributed by atoms with van der Waals surface area (Å²) in [5, 5.41) is 4.40. The number of hydrogen-bond donors (Lipinski definition) is 2. The van der Waals surface area contributed by atoms with E-state index in [9.17, 15) is 9.59 Å². The summed E-state index contributed by atoms with van der Waals surface area (Å²) in [5.74, 6) is -1.12. The van der Waals surface area contributed by atoms with Crippen LogP contribution >= 0.6 is 11.6 Å². The van der Waals surface area contributed by atoms with Gasteiger partial charge in [-0.2, -0.15) is 0 Å². The van der Waals surface area contributed by atoms with Crippen molar-refractivity contribution in [2.75, 3.05) is 31.7 Å². The highest BCUT2D eigenvalue weighted by molar-refractivity contribution is 6.39. The lowest BCUT2D eigenvalue weighted by Crippen LogP contribution is -2.40. The molecule has 2 amide bonds. The van der Waals surface area contributed by atoms with Crippen molar-refractivity contribution in [3.63, 3.8) is 0 Å². The number of hydrogen-bond acceptors (Lipinski definition) is 7. The molecule has 0 radical (unpaired) electrons. The molecule has 0 unspecified atom stereocenters. The number of pyridine rings is 1. The lowest BCUT2D eigenvalue weighted by atomic mass is 9.99. The van der Waals surface area contributed by atoms with Crippen LogP contribution in [0.3, 0.4) is 0 Å². The molecule has 0 aliphatic carbocycles. The quantitative estimate of drug-likeness (QED) is 0.256. The predicted octanol–water partition coefficient (Wildman–Crippen LogP) is 5.23. The molecule has 0 spiro atoms. The third-order valence-electron chi connectivity index (χ3n) is 7.05. The van der Waals surface area contributed by atoms with Gasteiger partial charge in [-0.15, -0.1) is 0 Å². The number of rotatable bonds is 9. The van der Waals surface area contributed by atoms with Gasteiger partial charge < -0.3 is 25.3 Å². The Hall–Kier alpha value is -4.41. The molecular weight excluding hydrogens is 563 g/mol. The van der Waals surface area contributed by atoms with Gasteiger partial charge in [0.2, 0.25) is 0 Å². The van der Waals surface area contributed by atoms with E-state index in [0.717, 1.165) is 36.9 Å². The highest BCUT2D eigenvalue weighted by atomic mass is 35.5. The summed E-state index contributed by atoms with van der Waals surface area (Å²) in [6.07, 6.45) is 3.66. The van der Waals surface area contributed by atoms with Crippen molar-refractivity contribution in [2.24, 2.45) is 11.7 Å². The van der Waals surface area contributed by atoms with Crippen LogP contribution in [0.5, 0.6) is 23.0 Å². The van der Waals surface area contributed by atoms with E-state index in [2.05, 4.69) is 10.3 Å². The lowest BCUT2D eigenvalue weighted by molar-refractivity contribution is -0.135. The second-order valence-electron chi connectivity index (χ2n) is 9.94. The Morgan fingerprint density at radius 2 is 1.86 bits per heavy atom. The van der Waals surface area contributed by atoms with Crippen molar-refractivity contribution in [1.29, 1.82) is 0 Å². The minimum absolute atomic E-state index is 0.0429. The van der Waals surface area contributed by atoms with Gasteiger partial charge in [-0.3, -0.25) is 19.5 Å². The molecule has 1 saturated heterocycles. The van der Waals surface area contributed by atoms with Gasteiger partial charge in [0.15, 0.2) is 23.1 Å². The minimum Gasteiger partial charge on any atom is -0.493 e. The molecule has 9 nitrogen and oxygen atoms in total. The number of aromatic nitrogens is 1. The molecule has 0 bridgehead atoms.